The zero-order chi connectivity index (χ0) is 20.6. The topological polar surface area (TPSA) is 133 Å². The van der Waals surface area contributed by atoms with Crippen LogP contribution in [0.3, 0.4) is 0 Å². The van der Waals surface area contributed by atoms with Gasteiger partial charge in [-0.15, -0.1) is 0 Å². The predicted octanol–water partition coefficient (Wildman–Crippen LogP) is 3.32. The minimum absolute atomic E-state index is 0.0683. The maximum atomic E-state index is 11.5. The number of anilines is 2. The molecule has 0 spiro atoms. The quantitative estimate of drug-likeness (QED) is 0.335. The molecule has 1 saturated carbocycles. The van der Waals surface area contributed by atoms with Gasteiger partial charge in [-0.1, -0.05) is 30.3 Å². The van der Waals surface area contributed by atoms with Crippen LogP contribution in [-0.2, 0) is 12.8 Å². The van der Waals surface area contributed by atoms with Gasteiger partial charge in [-0.3, -0.25) is 10.1 Å². The lowest BCUT2D eigenvalue weighted by atomic mass is 9.80. The standard InChI is InChI=1S/C21H30N6O2/c22-14-17-10-8-16(9-11-17)13-18-19(27(28)29)20(23)26-21(25-18)24-12-4-7-15-5-2-1-3-6-15/h1-3,5-6,16-17H,4,7-14,22H2,(H3,23,24,25,26). The number of nitrogens with zero attached hydrogens (tertiary/aromatic N) is 3. The second kappa shape index (κ2) is 10.2. The number of aryl methyl sites for hydroxylation is 1. The molecular weight excluding hydrogens is 368 g/mol. The molecule has 1 fully saturated rings. The summed E-state index contributed by atoms with van der Waals surface area (Å²) in [4.78, 5) is 19.6. The van der Waals surface area contributed by atoms with Crippen LogP contribution in [0.15, 0.2) is 30.3 Å². The number of nitrogens with one attached hydrogen (secondary N) is 1. The minimum atomic E-state index is -0.463. The average Bonchev–Trinajstić information content (AvgIpc) is 2.72. The summed E-state index contributed by atoms with van der Waals surface area (Å²) < 4.78 is 0. The fraction of sp³-hybridized carbons (Fsp3) is 0.524. The first-order chi connectivity index (χ1) is 14.1. The summed E-state index contributed by atoms with van der Waals surface area (Å²) in [6, 6.07) is 10.2. The highest BCUT2D eigenvalue weighted by molar-refractivity contribution is 5.58. The van der Waals surface area contributed by atoms with E-state index in [-0.39, 0.29) is 11.5 Å². The number of aromatic nitrogens is 2. The van der Waals surface area contributed by atoms with Crippen LogP contribution in [0.25, 0.3) is 0 Å². The number of nitro groups is 1. The van der Waals surface area contributed by atoms with Gasteiger partial charge in [-0.2, -0.15) is 4.98 Å². The van der Waals surface area contributed by atoms with Gasteiger partial charge >= 0.3 is 5.69 Å². The van der Waals surface area contributed by atoms with Gasteiger partial charge in [0.2, 0.25) is 11.8 Å². The lowest BCUT2D eigenvalue weighted by Crippen LogP contribution is -2.23. The highest BCUT2D eigenvalue weighted by Crippen LogP contribution is 2.33. The second-order valence-electron chi connectivity index (χ2n) is 7.83. The van der Waals surface area contributed by atoms with Crippen LogP contribution in [0.5, 0.6) is 0 Å². The largest absolute Gasteiger partial charge is 0.378 e. The molecule has 2 aromatic rings. The maximum absolute atomic E-state index is 11.5. The average molecular weight is 399 g/mol. The summed E-state index contributed by atoms with van der Waals surface area (Å²) in [7, 11) is 0. The Kier molecular flexibility index (Phi) is 7.35. The minimum Gasteiger partial charge on any atom is -0.378 e. The van der Waals surface area contributed by atoms with Crippen LogP contribution in [0.4, 0.5) is 17.5 Å². The van der Waals surface area contributed by atoms with Crippen LogP contribution in [0.1, 0.15) is 43.4 Å². The molecule has 156 valence electrons. The molecule has 0 aliphatic heterocycles. The van der Waals surface area contributed by atoms with E-state index in [1.54, 1.807) is 0 Å². The Bertz CT molecular complexity index is 806. The van der Waals surface area contributed by atoms with Crippen LogP contribution in [-0.4, -0.2) is 28.0 Å². The summed E-state index contributed by atoms with van der Waals surface area (Å²) in [5.74, 6) is 1.24. The van der Waals surface area contributed by atoms with Crippen molar-refractivity contribution in [1.82, 2.24) is 9.97 Å². The van der Waals surface area contributed by atoms with Gasteiger partial charge in [-0.05, 0) is 68.9 Å². The van der Waals surface area contributed by atoms with Gasteiger partial charge in [0.15, 0.2) is 0 Å². The van der Waals surface area contributed by atoms with Crippen LogP contribution < -0.4 is 16.8 Å². The number of benzene rings is 1. The number of hydrogen-bond acceptors (Lipinski definition) is 7. The number of nitrogens with two attached hydrogens (primary N) is 2. The molecule has 0 radical (unpaired) electrons. The van der Waals surface area contributed by atoms with E-state index < -0.39 is 4.92 Å². The first-order valence-electron chi connectivity index (χ1n) is 10.4. The highest BCUT2D eigenvalue weighted by Gasteiger charge is 2.27. The van der Waals surface area contributed by atoms with Crippen LogP contribution in [0, 0.1) is 22.0 Å². The molecule has 5 N–H and O–H groups in total. The Hall–Kier alpha value is -2.74. The molecule has 0 atom stereocenters. The molecule has 1 heterocycles. The van der Waals surface area contributed by atoms with Crippen molar-refractivity contribution in [3.8, 4) is 0 Å². The zero-order valence-corrected chi connectivity index (χ0v) is 16.7. The van der Waals surface area contributed by atoms with Gasteiger partial charge < -0.3 is 16.8 Å². The van der Waals surface area contributed by atoms with Gasteiger partial charge in [-0.25, -0.2) is 4.98 Å². The molecule has 3 rings (SSSR count). The van der Waals surface area contributed by atoms with Crippen molar-refractivity contribution in [3.05, 3.63) is 51.7 Å². The third-order valence-electron chi connectivity index (χ3n) is 5.72. The molecule has 1 aromatic heterocycles. The number of rotatable bonds is 9. The molecule has 0 unspecified atom stereocenters. The SMILES string of the molecule is NCC1CCC(Cc2nc(NCCCc3ccccc3)nc(N)c2[N+](=O)[O-])CC1. The molecule has 29 heavy (non-hydrogen) atoms. The molecule has 1 aliphatic rings. The van der Waals surface area contributed by atoms with Crippen LogP contribution in [0.2, 0.25) is 0 Å². The Morgan fingerprint density at radius 2 is 1.79 bits per heavy atom. The molecule has 1 aliphatic carbocycles. The first kappa shape index (κ1) is 21.0. The predicted molar refractivity (Wildman–Crippen MR) is 115 cm³/mol. The fourth-order valence-electron chi connectivity index (χ4n) is 4.02. The van der Waals surface area contributed by atoms with E-state index in [1.165, 1.54) is 5.56 Å². The van der Waals surface area contributed by atoms with E-state index in [2.05, 4.69) is 27.4 Å². The van der Waals surface area contributed by atoms with Crippen molar-refractivity contribution in [2.75, 3.05) is 24.1 Å². The van der Waals surface area contributed by atoms with E-state index in [1.807, 2.05) is 18.2 Å². The first-order valence-corrected chi connectivity index (χ1v) is 10.4. The van der Waals surface area contributed by atoms with Crippen molar-refractivity contribution in [3.63, 3.8) is 0 Å². The number of hydrogen-bond donors (Lipinski definition) is 3. The van der Waals surface area contributed by atoms with Gasteiger partial charge in [0.25, 0.3) is 0 Å². The van der Waals surface area contributed by atoms with Crippen molar-refractivity contribution >= 4 is 17.5 Å². The number of nitrogen functional groups attached to an aromatic ring is 1. The Morgan fingerprint density at radius 3 is 2.45 bits per heavy atom. The molecule has 0 bridgehead atoms. The van der Waals surface area contributed by atoms with Gasteiger partial charge in [0.1, 0.15) is 5.69 Å². The van der Waals surface area contributed by atoms with E-state index in [0.29, 0.717) is 43.0 Å². The van der Waals surface area contributed by atoms with E-state index in [9.17, 15) is 10.1 Å². The Balaban J connectivity index is 1.63. The van der Waals surface area contributed by atoms with Crippen molar-refractivity contribution in [2.45, 2.75) is 44.9 Å². The van der Waals surface area contributed by atoms with Crippen molar-refractivity contribution < 1.29 is 4.92 Å². The molecule has 1 aromatic carbocycles. The normalized spacial score (nSPS) is 19.1. The summed E-state index contributed by atoms with van der Waals surface area (Å²) in [6.07, 6.45) is 6.57. The molecule has 8 heteroatoms. The van der Waals surface area contributed by atoms with Crippen molar-refractivity contribution in [1.29, 1.82) is 0 Å². The lowest BCUT2D eigenvalue weighted by Gasteiger charge is -2.27. The molecule has 0 amide bonds. The second-order valence-corrected chi connectivity index (χ2v) is 7.83. The molecule has 0 saturated heterocycles. The third-order valence-corrected chi connectivity index (χ3v) is 5.72. The smallest absolute Gasteiger partial charge is 0.332 e. The Morgan fingerprint density at radius 1 is 1.10 bits per heavy atom. The van der Waals surface area contributed by atoms with Gasteiger partial charge in [0.05, 0.1) is 4.92 Å². The summed E-state index contributed by atoms with van der Waals surface area (Å²) in [5.41, 5.74) is 13.2. The Labute approximate surface area is 171 Å². The summed E-state index contributed by atoms with van der Waals surface area (Å²) in [6.45, 7) is 1.39. The maximum Gasteiger partial charge on any atom is 0.332 e. The van der Waals surface area contributed by atoms with E-state index in [4.69, 9.17) is 11.5 Å². The fourth-order valence-corrected chi connectivity index (χ4v) is 4.02. The lowest BCUT2D eigenvalue weighted by molar-refractivity contribution is -0.385. The van der Waals surface area contributed by atoms with E-state index in [0.717, 1.165) is 38.5 Å². The van der Waals surface area contributed by atoms with Gasteiger partial charge in [0, 0.05) is 6.54 Å². The highest BCUT2D eigenvalue weighted by atomic mass is 16.6. The summed E-state index contributed by atoms with van der Waals surface area (Å²) >= 11 is 0. The molecule has 8 nitrogen and oxygen atoms in total. The van der Waals surface area contributed by atoms with Crippen molar-refractivity contribution in [2.24, 2.45) is 17.6 Å². The third kappa shape index (κ3) is 5.87. The zero-order valence-electron chi connectivity index (χ0n) is 16.7. The van der Waals surface area contributed by atoms with Crippen LogP contribution >= 0.6 is 0 Å². The summed E-state index contributed by atoms with van der Waals surface area (Å²) in [5, 5.41) is 14.7. The monoisotopic (exact) mass is 398 g/mol. The molecular formula is C21H30N6O2. The van der Waals surface area contributed by atoms with E-state index >= 15 is 0 Å².